The number of unbranched alkanes of at least 4 members (excludes halogenated alkanes) is 1. The van der Waals surface area contributed by atoms with Gasteiger partial charge in [-0.1, -0.05) is 12.5 Å². The Kier molecular flexibility index (Phi) is 7.70. The third kappa shape index (κ3) is 5.48. The summed E-state index contributed by atoms with van der Waals surface area (Å²) in [6, 6.07) is 4.98. The Bertz CT molecular complexity index is 1060. The van der Waals surface area contributed by atoms with Crippen molar-refractivity contribution in [3.05, 3.63) is 46.9 Å². The number of nitrogens with one attached hydrogen (secondary N) is 1. The van der Waals surface area contributed by atoms with E-state index in [0.717, 1.165) is 85.6 Å². The van der Waals surface area contributed by atoms with E-state index < -0.39 is 18.2 Å². The van der Waals surface area contributed by atoms with Crippen LogP contribution in [0.5, 0.6) is 5.75 Å². The zero-order chi connectivity index (χ0) is 25.1. The monoisotopic (exact) mass is 496 g/mol. The second-order valence-electron chi connectivity index (χ2n) is 10.5. The molecule has 1 saturated heterocycles. The van der Waals surface area contributed by atoms with Crippen LogP contribution in [0.4, 0.5) is 10.2 Å². The van der Waals surface area contributed by atoms with Crippen LogP contribution in [0.3, 0.4) is 0 Å². The SMILES string of the molecule is COc1cc(CCCCC(F)[C@@H]2CCN(C(C(=O)O)c3cccnc3C3CC3)C2)nc2c1CCCN2. The average molecular weight is 497 g/mol. The van der Waals surface area contributed by atoms with Crippen molar-refractivity contribution in [2.24, 2.45) is 5.92 Å². The molecule has 7 nitrogen and oxygen atoms in total. The second kappa shape index (κ2) is 11.1. The molecule has 3 aliphatic rings. The molecule has 4 heterocycles. The second-order valence-corrected chi connectivity index (χ2v) is 10.5. The number of anilines is 1. The predicted molar refractivity (Wildman–Crippen MR) is 136 cm³/mol. The molecule has 36 heavy (non-hydrogen) atoms. The van der Waals surface area contributed by atoms with E-state index in [1.54, 1.807) is 13.3 Å². The molecule has 1 saturated carbocycles. The van der Waals surface area contributed by atoms with Gasteiger partial charge in [0.25, 0.3) is 0 Å². The van der Waals surface area contributed by atoms with Gasteiger partial charge in [-0.2, -0.15) is 0 Å². The van der Waals surface area contributed by atoms with Gasteiger partial charge in [0.2, 0.25) is 0 Å². The van der Waals surface area contributed by atoms with Crippen molar-refractivity contribution in [2.45, 2.75) is 75.9 Å². The molecule has 2 aromatic heterocycles. The third-order valence-electron chi connectivity index (χ3n) is 7.91. The predicted octanol–water partition coefficient (Wildman–Crippen LogP) is 4.92. The van der Waals surface area contributed by atoms with Gasteiger partial charge in [0.05, 0.1) is 7.11 Å². The van der Waals surface area contributed by atoms with Gasteiger partial charge in [-0.15, -0.1) is 0 Å². The van der Waals surface area contributed by atoms with Gasteiger partial charge in [0.1, 0.15) is 23.8 Å². The fraction of sp³-hybridized carbons (Fsp3) is 0.607. The number of aryl methyl sites for hydroxylation is 1. The summed E-state index contributed by atoms with van der Waals surface area (Å²) in [5.74, 6) is 1.19. The topological polar surface area (TPSA) is 87.6 Å². The molecule has 8 heteroatoms. The molecule has 3 atom stereocenters. The highest BCUT2D eigenvalue weighted by Crippen LogP contribution is 2.43. The summed E-state index contributed by atoms with van der Waals surface area (Å²) >= 11 is 0. The Balaban J connectivity index is 1.13. The van der Waals surface area contributed by atoms with Crippen molar-refractivity contribution >= 4 is 11.8 Å². The van der Waals surface area contributed by atoms with Crippen LogP contribution in [0.2, 0.25) is 0 Å². The molecule has 194 valence electrons. The smallest absolute Gasteiger partial charge is 0.325 e. The Morgan fingerprint density at radius 2 is 2.19 bits per heavy atom. The van der Waals surface area contributed by atoms with Gasteiger partial charge in [-0.25, -0.2) is 9.37 Å². The number of rotatable bonds is 11. The van der Waals surface area contributed by atoms with Crippen LogP contribution in [0.15, 0.2) is 24.4 Å². The highest BCUT2D eigenvalue weighted by Gasteiger charge is 2.39. The molecule has 0 radical (unpaired) electrons. The maximum absolute atomic E-state index is 15.2. The average Bonchev–Trinajstić information content (AvgIpc) is 3.63. The van der Waals surface area contributed by atoms with Crippen molar-refractivity contribution < 1.29 is 19.0 Å². The van der Waals surface area contributed by atoms with E-state index >= 15 is 4.39 Å². The van der Waals surface area contributed by atoms with Gasteiger partial charge in [-0.3, -0.25) is 14.7 Å². The Morgan fingerprint density at radius 1 is 1.33 bits per heavy atom. The molecule has 2 aliphatic heterocycles. The lowest BCUT2D eigenvalue weighted by Crippen LogP contribution is -2.34. The molecule has 2 unspecified atom stereocenters. The zero-order valence-electron chi connectivity index (χ0n) is 21.1. The first-order chi connectivity index (χ1) is 17.5. The third-order valence-corrected chi connectivity index (χ3v) is 7.91. The molecule has 1 aliphatic carbocycles. The number of alkyl halides is 1. The molecule has 2 N–H and O–H groups in total. The Morgan fingerprint density at radius 3 is 2.97 bits per heavy atom. The minimum atomic E-state index is -0.922. The van der Waals surface area contributed by atoms with E-state index in [-0.39, 0.29) is 5.92 Å². The Labute approximate surface area is 212 Å². The van der Waals surface area contributed by atoms with Gasteiger partial charge >= 0.3 is 5.97 Å². The number of aliphatic carboxylic acids is 1. The Hall–Kier alpha value is -2.74. The molecule has 2 fully saturated rings. The lowest BCUT2D eigenvalue weighted by molar-refractivity contribution is -0.143. The number of nitrogens with zero attached hydrogens (tertiary/aromatic N) is 3. The largest absolute Gasteiger partial charge is 0.496 e. The molecular weight excluding hydrogens is 459 g/mol. The van der Waals surface area contributed by atoms with Gasteiger partial charge in [-0.05, 0) is 64.0 Å². The van der Waals surface area contributed by atoms with E-state index in [4.69, 9.17) is 9.72 Å². The van der Waals surface area contributed by atoms with Crippen molar-refractivity contribution in [2.75, 3.05) is 32.1 Å². The maximum atomic E-state index is 15.2. The minimum absolute atomic E-state index is 0.126. The summed E-state index contributed by atoms with van der Waals surface area (Å²) in [5.41, 5.74) is 3.82. The highest BCUT2D eigenvalue weighted by atomic mass is 19.1. The summed E-state index contributed by atoms with van der Waals surface area (Å²) in [6.45, 7) is 2.01. The van der Waals surface area contributed by atoms with Crippen molar-refractivity contribution in [1.82, 2.24) is 14.9 Å². The molecule has 0 amide bonds. The summed E-state index contributed by atoms with van der Waals surface area (Å²) in [6.07, 6.45) is 8.64. The zero-order valence-corrected chi connectivity index (χ0v) is 21.1. The van der Waals surface area contributed by atoms with Gasteiger partial charge in [0.15, 0.2) is 0 Å². The van der Waals surface area contributed by atoms with Gasteiger partial charge < -0.3 is 15.2 Å². The van der Waals surface area contributed by atoms with E-state index in [1.165, 1.54) is 0 Å². The molecule has 0 spiro atoms. The first-order valence-corrected chi connectivity index (χ1v) is 13.4. The van der Waals surface area contributed by atoms with Gasteiger partial charge in [0, 0.05) is 59.7 Å². The minimum Gasteiger partial charge on any atom is -0.496 e. The summed E-state index contributed by atoms with van der Waals surface area (Å²) < 4.78 is 20.8. The van der Waals surface area contributed by atoms with Crippen LogP contribution in [0.25, 0.3) is 0 Å². The lowest BCUT2D eigenvalue weighted by atomic mass is 9.97. The number of fused-ring (bicyclic) bond motifs is 1. The number of hydrogen-bond donors (Lipinski definition) is 2. The van der Waals surface area contributed by atoms with E-state index in [1.807, 2.05) is 23.1 Å². The molecule has 0 bridgehead atoms. The van der Waals surface area contributed by atoms with E-state index in [2.05, 4.69) is 10.3 Å². The number of pyridine rings is 2. The number of carbonyl (C=O) groups is 1. The number of aromatic nitrogens is 2. The van der Waals surface area contributed by atoms with Crippen molar-refractivity contribution in [3.63, 3.8) is 0 Å². The molecule has 2 aromatic rings. The fourth-order valence-electron chi connectivity index (χ4n) is 5.84. The quantitative estimate of drug-likeness (QED) is 0.427. The number of likely N-dealkylation sites (tertiary alicyclic amines) is 1. The summed E-state index contributed by atoms with van der Waals surface area (Å²) in [5, 5.41) is 13.4. The molecular formula is C28H37FN4O3. The summed E-state index contributed by atoms with van der Waals surface area (Å²) in [7, 11) is 1.70. The lowest BCUT2D eigenvalue weighted by Gasteiger charge is -2.26. The fourth-order valence-corrected chi connectivity index (χ4v) is 5.84. The maximum Gasteiger partial charge on any atom is 0.325 e. The number of hydrogen-bond acceptors (Lipinski definition) is 6. The number of carboxylic acids is 1. The molecule has 0 aromatic carbocycles. The molecule has 5 rings (SSSR count). The van der Waals surface area contributed by atoms with Crippen molar-refractivity contribution in [1.29, 1.82) is 0 Å². The van der Waals surface area contributed by atoms with Crippen LogP contribution >= 0.6 is 0 Å². The number of carboxylic acid groups (broad SMARTS) is 1. The standard InChI is InChI=1S/C28H37FN4O3/c1-36-24-16-20(32-27-21(24)7-4-14-31-27)6-2-3-9-23(29)19-12-15-33(17-19)26(28(34)35)22-8-5-13-30-25(22)18-10-11-18/h5,8,13,16,18-19,23,26H,2-4,6-7,9-12,14-15,17H2,1H3,(H,31,32)(H,34,35)/t19-,23?,26?/m1/s1. The van der Waals surface area contributed by atoms with E-state index in [0.29, 0.717) is 31.8 Å². The number of methoxy groups -OCH3 is 1. The van der Waals surface area contributed by atoms with E-state index in [9.17, 15) is 9.90 Å². The van der Waals surface area contributed by atoms with Crippen LogP contribution in [0.1, 0.15) is 79.4 Å². The highest BCUT2D eigenvalue weighted by molar-refractivity contribution is 5.76. The first-order valence-electron chi connectivity index (χ1n) is 13.4. The van der Waals surface area contributed by atoms with Crippen LogP contribution < -0.4 is 10.1 Å². The first kappa shape index (κ1) is 24.9. The van der Waals surface area contributed by atoms with Crippen LogP contribution in [-0.4, -0.2) is 58.9 Å². The van der Waals surface area contributed by atoms with Crippen LogP contribution in [-0.2, 0) is 17.6 Å². The normalized spacial score (nSPS) is 21.4. The summed E-state index contributed by atoms with van der Waals surface area (Å²) in [4.78, 5) is 23.5. The number of ether oxygens (including phenoxy) is 1. The van der Waals surface area contributed by atoms with Crippen LogP contribution in [0, 0.1) is 5.92 Å². The van der Waals surface area contributed by atoms with Crippen molar-refractivity contribution in [3.8, 4) is 5.75 Å². The number of halogens is 1.